The third-order valence-electron chi connectivity index (χ3n) is 5.84. The average Bonchev–Trinajstić information content (AvgIpc) is 3.27. The molecule has 1 aliphatic carbocycles. The fourth-order valence-corrected chi connectivity index (χ4v) is 5.05. The molecule has 0 spiro atoms. The number of oxime groups is 1. The van der Waals surface area contributed by atoms with Gasteiger partial charge in [0, 0.05) is 12.3 Å². The molecule has 0 aromatic heterocycles. The van der Waals surface area contributed by atoms with Crippen LogP contribution < -0.4 is 0 Å². The summed E-state index contributed by atoms with van der Waals surface area (Å²) in [7, 11) is -4.67. The lowest BCUT2D eigenvalue weighted by Crippen LogP contribution is -2.50. The largest absolute Gasteiger partial charge is 0.394 e. The Kier molecular flexibility index (Phi) is 8.10. The number of nitrogens with zero attached hydrogens (tertiary/aromatic N) is 1. The van der Waals surface area contributed by atoms with Crippen LogP contribution in [0.1, 0.15) is 25.8 Å². The molecular weight excluding hydrogens is 446 g/mol. The molecule has 1 aromatic carbocycles. The van der Waals surface area contributed by atoms with Gasteiger partial charge < -0.3 is 19.4 Å². The number of ether oxygens (including phenoxy) is 2. The second-order valence-electron chi connectivity index (χ2n) is 8.30. The molecule has 0 saturated heterocycles. The van der Waals surface area contributed by atoms with Crippen LogP contribution in [-0.4, -0.2) is 54.1 Å². The van der Waals surface area contributed by atoms with Crippen molar-refractivity contribution in [2.24, 2.45) is 17.0 Å². The Bertz CT molecular complexity index is 1060. The second kappa shape index (κ2) is 10.6. The van der Waals surface area contributed by atoms with Crippen LogP contribution in [0.3, 0.4) is 0 Å². The van der Waals surface area contributed by atoms with Crippen LogP contribution in [0.15, 0.2) is 59.3 Å². The van der Waals surface area contributed by atoms with Crippen molar-refractivity contribution in [3.63, 3.8) is 0 Å². The van der Waals surface area contributed by atoms with Crippen molar-refractivity contribution in [1.29, 1.82) is 0 Å². The molecule has 9 heteroatoms. The summed E-state index contributed by atoms with van der Waals surface area (Å²) in [6.45, 7) is 3.38. The van der Waals surface area contributed by atoms with Gasteiger partial charge >= 0.3 is 0 Å². The van der Waals surface area contributed by atoms with E-state index < -0.39 is 39.1 Å². The Labute approximate surface area is 194 Å². The van der Waals surface area contributed by atoms with E-state index in [0.717, 1.165) is 11.1 Å². The summed E-state index contributed by atoms with van der Waals surface area (Å²) < 4.78 is 47.3. The summed E-state index contributed by atoms with van der Waals surface area (Å²) >= 11 is 0. The molecule has 5 atom stereocenters. The topological polar surface area (TPSA) is 115 Å². The van der Waals surface area contributed by atoms with E-state index in [0.29, 0.717) is 12.1 Å². The molecule has 3 rings (SSSR count). The molecule has 178 valence electrons. The molecule has 0 amide bonds. The average molecular weight is 476 g/mol. The fraction of sp³-hybridized carbons (Fsp3) is 0.458. The van der Waals surface area contributed by atoms with Crippen molar-refractivity contribution in [1.82, 2.24) is 0 Å². The van der Waals surface area contributed by atoms with Gasteiger partial charge in [0.2, 0.25) is 4.93 Å². The minimum Gasteiger partial charge on any atom is -0.394 e. The zero-order valence-electron chi connectivity index (χ0n) is 18.6. The zero-order valence-corrected chi connectivity index (χ0v) is 19.4. The predicted octanol–water partition coefficient (Wildman–Crippen LogP) is 2.71. The van der Waals surface area contributed by atoms with Gasteiger partial charge in [-0.1, -0.05) is 66.1 Å². The number of terminal acetylenes is 1. The number of aliphatic hydroxyl groups excluding tert-OH is 1. The first kappa shape index (κ1) is 25.1. The highest BCUT2D eigenvalue weighted by atomic mass is 32.2. The van der Waals surface area contributed by atoms with E-state index in [1.807, 2.05) is 37.3 Å². The Morgan fingerprint density at radius 3 is 2.70 bits per heavy atom. The number of hydrogen-bond acceptors (Lipinski definition) is 7. The first-order valence-electron chi connectivity index (χ1n) is 10.6. The number of hydrogen-bond donors (Lipinski definition) is 2. The summed E-state index contributed by atoms with van der Waals surface area (Å²) in [6.07, 6.45) is 9.22. The predicted molar refractivity (Wildman–Crippen MR) is 124 cm³/mol. The van der Waals surface area contributed by atoms with Crippen LogP contribution in [0.4, 0.5) is 0 Å². The zero-order chi connectivity index (χ0) is 24.1. The van der Waals surface area contributed by atoms with E-state index >= 15 is 0 Å². The van der Waals surface area contributed by atoms with E-state index in [1.54, 1.807) is 19.1 Å². The second-order valence-corrected chi connectivity index (χ2v) is 9.89. The van der Waals surface area contributed by atoms with Gasteiger partial charge in [-0.25, -0.2) is 0 Å². The van der Waals surface area contributed by atoms with Crippen LogP contribution in [0.2, 0.25) is 0 Å². The van der Waals surface area contributed by atoms with E-state index in [9.17, 15) is 18.1 Å². The maximum atomic E-state index is 12.6. The smallest absolute Gasteiger partial charge is 0.299 e. The Morgan fingerprint density at radius 2 is 2.09 bits per heavy atom. The Hall–Kier alpha value is -2.48. The van der Waals surface area contributed by atoms with Crippen molar-refractivity contribution in [3.05, 3.63) is 59.7 Å². The van der Waals surface area contributed by atoms with Gasteiger partial charge in [0.1, 0.15) is 11.8 Å². The van der Waals surface area contributed by atoms with E-state index in [-0.39, 0.29) is 19.8 Å². The molecule has 0 radical (unpaired) electrons. The summed E-state index contributed by atoms with van der Waals surface area (Å²) in [5.74, 6) is 1.25. The number of aliphatic hydroxyl groups is 1. The standard InChI is InChI=1S/C24H29NO7S/c1-4-20-13-22(32-25-20)23(14-26)30-15-18(3)21-12-17(2)10-11-24(21,33(27,28)29)31-16-19-8-6-5-7-9-19/h1,5-12,18,21-23,26H,13-16H2,2-3H3,(H,27,28,29)/t18?,21?,22-,23+,24-/m0/s1. The molecule has 33 heavy (non-hydrogen) atoms. The maximum absolute atomic E-state index is 12.6. The molecule has 0 fully saturated rings. The minimum absolute atomic E-state index is 0.0106. The molecule has 1 aliphatic heterocycles. The summed E-state index contributed by atoms with van der Waals surface area (Å²) in [5, 5.41) is 13.5. The van der Waals surface area contributed by atoms with Crippen LogP contribution in [-0.2, 0) is 31.0 Å². The van der Waals surface area contributed by atoms with E-state index in [1.165, 1.54) is 6.08 Å². The third-order valence-corrected chi connectivity index (χ3v) is 7.17. The van der Waals surface area contributed by atoms with Gasteiger partial charge in [-0.2, -0.15) is 8.42 Å². The Balaban J connectivity index is 1.78. The van der Waals surface area contributed by atoms with Crippen molar-refractivity contribution in [2.45, 2.75) is 44.0 Å². The van der Waals surface area contributed by atoms with E-state index in [2.05, 4.69) is 11.1 Å². The van der Waals surface area contributed by atoms with Gasteiger partial charge in [-0.3, -0.25) is 4.55 Å². The molecule has 1 aromatic rings. The quantitative estimate of drug-likeness (QED) is 0.395. The first-order chi connectivity index (χ1) is 15.7. The van der Waals surface area contributed by atoms with Gasteiger partial charge in [0.15, 0.2) is 6.10 Å². The molecule has 2 N–H and O–H groups in total. The summed E-state index contributed by atoms with van der Waals surface area (Å²) in [4.78, 5) is 3.28. The van der Waals surface area contributed by atoms with Crippen molar-refractivity contribution in [2.75, 3.05) is 13.2 Å². The van der Waals surface area contributed by atoms with Crippen molar-refractivity contribution in [3.8, 4) is 12.3 Å². The molecule has 0 bridgehead atoms. The lowest BCUT2D eigenvalue weighted by molar-refractivity contribution is -0.0974. The number of rotatable bonds is 10. The van der Waals surface area contributed by atoms with Crippen molar-refractivity contribution >= 4 is 15.8 Å². The number of benzene rings is 1. The summed E-state index contributed by atoms with van der Waals surface area (Å²) in [6, 6.07) is 9.12. The molecule has 8 nitrogen and oxygen atoms in total. The minimum atomic E-state index is -4.67. The highest BCUT2D eigenvalue weighted by Crippen LogP contribution is 2.40. The molecule has 0 saturated carbocycles. The fourth-order valence-electron chi connectivity index (χ4n) is 3.96. The monoisotopic (exact) mass is 475 g/mol. The van der Waals surface area contributed by atoms with Gasteiger partial charge in [0.25, 0.3) is 10.1 Å². The van der Waals surface area contributed by atoms with Crippen LogP contribution in [0.5, 0.6) is 0 Å². The van der Waals surface area contributed by atoms with Gasteiger partial charge in [-0.05, 0) is 24.5 Å². The number of allylic oxidation sites excluding steroid dienone is 2. The van der Waals surface area contributed by atoms with Crippen LogP contribution in [0, 0.1) is 24.2 Å². The van der Waals surface area contributed by atoms with Gasteiger partial charge in [-0.15, -0.1) is 6.42 Å². The Morgan fingerprint density at radius 1 is 1.36 bits per heavy atom. The lowest BCUT2D eigenvalue weighted by atomic mass is 9.83. The molecule has 1 heterocycles. The van der Waals surface area contributed by atoms with Gasteiger partial charge in [0.05, 0.1) is 19.8 Å². The normalized spacial score (nSPS) is 26.6. The highest BCUT2D eigenvalue weighted by Gasteiger charge is 2.51. The van der Waals surface area contributed by atoms with E-state index in [4.69, 9.17) is 20.7 Å². The highest BCUT2D eigenvalue weighted by molar-refractivity contribution is 7.87. The lowest BCUT2D eigenvalue weighted by Gasteiger charge is -2.39. The summed E-state index contributed by atoms with van der Waals surface area (Å²) in [5.41, 5.74) is 2.04. The molecular formula is C24H29NO7S. The SMILES string of the molecule is C#CC1=NO[C@H]([C@@H](CO)OCC(C)C2C=C(C)C=C[C@]2(OCc2ccccc2)S(=O)(=O)O)C1. The maximum Gasteiger partial charge on any atom is 0.299 e. The van der Waals surface area contributed by atoms with Crippen molar-refractivity contribution < 1.29 is 32.4 Å². The first-order valence-corrected chi connectivity index (χ1v) is 12.1. The molecule has 2 unspecified atom stereocenters. The van der Waals surface area contributed by atoms with Crippen LogP contribution in [0.25, 0.3) is 0 Å². The third kappa shape index (κ3) is 5.72. The molecule has 2 aliphatic rings. The van der Waals surface area contributed by atoms with Crippen LogP contribution >= 0.6 is 0 Å².